The summed E-state index contributed by atoms with van der Waals surface area (Å²) >= 11 is 0. The Morgan fingerprint density at radius 1 is 1.11 bits per heavy atom. The van der Waals surface area contributed by atoms with Gasteiger partial charge >= 0.3 is 6.30 Å². The molecule has 27 heavy (non-hydrogen) atoms. The number of nitrogens with one attached hydrogen (secondary N) is 1. The number of carbonyl (C=O) groups is 1. The molecule has 1 aliphatic heterocycles. The number of nitrogens with zero attached hydrogens (tertiary/aromatic N) is 4. The number of fused-ring (bicyclic) bond motifs is 1. The van der Waals surface area contributed by atoms with E-state index in [9.17, 15) is 18.0 Å². The molecule has 0 saturated carbocycles. The molecule has 0 unspecified atom stereocenters. The Bertz CT molecular complexity index is 978. The summed E-state index contributed by atoms with van der Waals surface area (Å²) < 4.78 is 39.9. The minimum absolute atomic E-state index is 0.00105. The van der Waals surface area contributed by atoms with Crippen molar-refractivity contribution in [1.82, 2.24) is 25.1 Å². The number of benzene rings is 1. The lowest BCUT2D eigenvalue weighted by Gasteiger charge is -2.22. The van der Waals surface area contributed by atoms with Crippen LogP contribution in [0.3, 0.4) is 0 Å². The van der Waals surface area contributed by atoms with Crippen LogP contribution in [-0.2, 0) is 6.30 Å². The van der Waals surface area contributed by atoms with Crippen molar-refractivity contribution in [2.75, 3.05) is 13.1 Å². The average molecular weight is 375 g/mol. The molecule has 0 bridgehead atoms. The quantitative estimate of drug-likeness (QED) is 0.713. The van der Waals surface area contributed by atoms with Crippen molar-refractivity contribution in [1.29, 1.82) is 0 Å². The highest BCUT2D eigenvalue weighted by Crippen LogP contribution is 2.30. The molecule has 1 N–H and O–H groups in total. The van der Waals surface area contributed by atoms with Crippen LogP contribution in [0.2, 0.25) is 0 Å². The molecule has 1 aromatic carbocycles. The zero-order valence-electron chi connectivity index (χ0n) is 14.2. The molecule has 1 saturated heterocycles. The van der Waals surface area contributed by atoms with Crippen molar-refractivity contribution in [2.24, 2.45) is 0 Å². The number of hydrogen-bond donors (Lipinski definition) is 1. The molecule has 0 amide bonds. The first kappa shape index (κ1) is 17.6. The van der Waals surface area contributed by atoms with E-state index in [0.717, 1.165) is 19.3 Å². The van der Waals surface area contributed by atoms with Crippen molar-refractivity contribution in [2.45, 2.75) is 25.1 Å². The molecule has 0 radical (unpaired) electrons. The van der Waals surface area contributed by atoms with Crippen LogP contribution in [0.5, 0.6) is 0 Å². The second-order valence-electron chi connectivity index (χ2n) is 6.41. The molecule has 9 heteroatoms. The second-order valence-corrected chi connectivity index (χ2v) is 6.41. The van der Waals surface area contributed by atoms with Crippen LogP contribution in [0.25, 0.3) is 11.0 Å². The molecule has 1 fully saturated rings. The molecule has 3 aromatic rings. The van der Waals surface area contributed by atoms with Gasteiger partial charge in [0.25, 0.3) is 0 Å². The molecule has 0 aliphatic carbocycles. The first-order valence-corrected chi connectivity index (χ1v) is 8.58. The number of aromatic nitrogens is 4. The van der Waals surface area contributed by atoms with Gasteiger partial charge in [-0.3, -0.25) is 4.79 Å². The summed E-state index contributed by atoms with van der Waals surface area (Å²) in [6.07, 6.45) is -2.32. The first-order chi connectivity index (χ1) is 12.9. The Hall–Kier alpha value is -2.81. The number of carbonyl (C=O) groups excluding carboxylic acids is 1. The van der Waals surface area contributed by atoms with Crippen molar-refractivity contribution in [3.63, 3.8) is 0 Å². The minimum Gasteiger partial charge on any atom is -0.317 e. The van der Waals surface area contributed by atoms with E-state index in [1.807, 2.05) is 0 Å². The van der Waals surface area contributed by atoms with Crippen molar-refractivity contribution < 1.29 is 18.0 Å². The molecule has 1 aliphatic rings. The fourth-order valence-electron chi connectivity index (χ4n) is 3.27. The maximum absolute atomic E-state index is 13.3. The van der Waals surface area contributed by atoms with Gasteiger partial charge in [0.1, 0.15) is 11.5 Å². The van der Waals surface area contributed by atoms with Crippen LogP contribution in [0.15, 0.2) is 36.5 Å². The maximum atomic E-state index is 13.3. The Kier molecular flexibility index (Phi) is 4.39. The fraction of sp³-hybridized carbons (Fsp3) is 0.333. The summed E-state index contributed by atoms with van der Waals surface area (Å²) in [5.74, 6) is -0.288. The SMILES string of the molecule is O=C(c1ccccc1)c1nc(C2CCNCC2)nc2c1cnn2C(F)(F)F. The van der Waals surface area contributed by atoms with Crippen LogP contribution < -0.4 is 5.32 Å². The summed E-state index contributed by atoms with van der Waals surface area (Å²) in [7, 11) is 0. The number of halogens is 3. The van der Waals surface area contributed by atoms with Gasteiger partial charge in [0.15, 0.2) is 5.65 Å². The molecule has 0 atom stereocenters. The fourth-order valence-corrected chi connectivity index (χ4v) is 3.27. The van der Waals surface area contributed by atoms with Gasteiger partial charge in [-0.05, 0) is 25.9 Å². The van der Waals surface area contributed by atoms with E-state index >= 15 is 0 Å². The summed E-state index contributed by atoms with van der Waals surface area (Å²) in [4.78, 5) is 21.5. The van der Waals surface area contributed by atoms with Crippen LogP contribution in [0.1, 0.15) is 40.6 Å². The van der Waals surface area contributed by atoms with Crippen molar-refractivity contribution >= 4 is 16.8 Å². The number of ketones is 1. The van der Waals surface area contributed by atoms with Crippen LogP contribution >= 0.6 is 0 Å². The standard InChI is InChI=1S/C18H16F3N5O/c19-18(20,21)26-17-13(10-23-26)14(15(27)11-4-2-1-3-5-11)24-16(25-17)12-6-8-22-9-7-12/h1-5,10,12,22H,6-9H2. The highest BCUT2D eigenvalue weighted by Gasteiger charge is 2.36. The van der Waals surface area contributed by atoms with Gasteiger partial charge in [-0.2, -0.15) is 9.78 Å². The average Bonchev–Trinajstić information content (AvgIpc) is 3.12. The predicted molar refractivity (Wildman–Crippen MR) is 91.3 cm³/mol. The monoisotopic (exact) mass is 375 g/mol. The predicted octanol–water partition coefficient (Wildman–Crippen LogP) is 3.00. The van der Waals surface area contributed by atoms with E-state index in [4.69, 9.17) is 0 Å². The molecule has 6 nitrogen and oxygen atoms in total. The molecule has 2 aromatic heterocycles. The van der Waals surface area contributed by atoms with Gasteiger partial charge < -0.3 is 5.32 Å². The van der Waals surface area contributed by atoms with Gasteiger partial charge in [-0.15, -0.1) is 13.2 Å². The van der Waals surface area contributed by atoms with E-state index in [0.29, 0.717) is 18.4 Å². The van der Waals surface area contributed by atoms with Crippen LogP contribution in [0.4, 0.5) is 13.2 Å². The lowest BCUT2D eigenvalue weighted by atomic mass is 9.96. The number of alkyl halides is 3. The molecule has 140 valence electrons. The molecular formula is C18H16F3N5O. The van der Waals surface area contributed by atoms with E-state index in [-0.39, 0.29) is 33.2 Å². The maximum Gasteiger partial charge on any atom is 0.506 e. The minimum atomic E-state index is -4.73. The topological polar surface area (TPSA) is 72.7 Å². The van der Waals surface area contributed by atoms with Crippen molar-refractivity contribution in [3.8, 4) is 0 Å². The van der Waals surface area contributed by atoms with Crippen molar-refractivity contribution in [3.05, 3.63) is 53.6 Å². The Balaban J connectivity index is 1.90. The number of hydrogen-bond acceptors (Lipinski definition) is 5. The Labute approximate surface area is 152 Å². The zero-order chi connectivity index (χ0) is 19.0. The van der Waals surface area contributed by atoms with Gasteiger partial charge in [-0.25, -0.2) is 9.97 Å². The third-order valence-electron chi connectivity index (χ3n) is 4.64. The third-order valence-corrected chi connectivity index (χ3v) is 4.64. The summed E-state index contributed by atoms with van der Waals surface area (Å²) in [6, 6.07) is 8.36. The molecule has 0 spiro atoms. The molecule has 4 rings (SSSR count). The third kappa shape index (κ3) is 3.30. The lowest BCUT2D eigenvalue weighted by Crippen LogP contribution is -2.28. The van der Waals surface area contributed by atoms with E-state index in [2.05, 4.69) is 20.4 Å². The second kappa shape index (κ2) is 6.73. The summed E-state index contributed by atoms with van der Waals surface area (Å²) in [5.41, 5.74) is -0.0749. The van der Waals surface area contributed by atoms with Gasteiger partial charge in [-0.1, -0.05) is 30.3 Å². The zero-order valence-corrected chi connectivity index (χ0v) is 14.2. The smallest absolute Gasteiger partial charge is 0.317 e. The summed E-state index contributed by atoms with van der Waals surface area (Å²) in [6.45, 7) is 1.46. The van der Waals surface area contributed by atoms with Crippen LogP contribution in [0, 0.1) is 0 Å². The number of rotatable bonds is 3. The van der Waals surface area contributed by atoms with Gasteiger partial charge in [0, 0.05) is 11.5 Å². The van der Waals surface area contributed by atoms with E-state index in [1.54, 1.807) is 30.3 Å². The largest absolute Gasteiger partial charge is 0.506 e. The van der Waals surface area contributed by atoms with E-state index in [1.165, 1.54) is 0 Å². The Morgan fingerprint density at radius 2 is 1.81 bits per heavy atom. The highest BCUT2D eigenvalue weighted by molar-refractivity contribution is 6.14. The van der Waals surface area contributed by atoms with Crippen LogP contribution in [-0.4, -0.2) is 38.6 Å². The highest BCUT2D eigenvalue weighted by atomic mass is 19.4. The number of piperidine rings is 1. The normalized spacial score (nSPS) is 16.0. The van der Waals surface area contributed by atoms with E-state index < -0.39 is 12.1 Å². The van der Waals surface area contributed by atoms with Gasteiger partial charge in [0.2, 0.25) is 5.78 Å². The lowest BCUT2D eigenvalue weighted by molar-refractivity contribution is -0.209. The summed E-state index contributed by atoms with van der Waals surface area (Å²) in [5, 5.41) is 6.61. The molecule has 3 heterocycles. The first-order valence-electron chi connectivity index (χ1n) is 8.58. The van der Waals surface area contributed by atoms with Gasteiger partial charge in [0.05, 0.1) is 11.6 Å². The Morgan fingerprint density at radius 3 is 2.48 bits per heavy atom. The molecular weight excluding hydrogens is 359 g/mol.